The minimum Gasteiger partial charge on any atom is -0.457 e. The lowest BCUT2D eigenvalue weighted by Crippen LogP contribution is -2.21. The van der Waals surface area contributed by atoms with Gasteiger partial charge in [-0.15, -0.1) is 11.3 Å². The second kappa shape index (κ2) is 8.82. The smallest absolute Gasteiger partial charge is 0.311 e. The summed E-state index contributed by atoms with van der Waals surface area (Å²) in [5, 5.41) is 4.57. The minimum absolute atomic E-state index is 0.177. The minimum atomic E-state index is -0.422. The highest BCUT2D eigenvalue weighted by Crippen LogP contribution is 2.22. The van der Waals surface area contributed by atoms with E-state index < -0.39 is 5.97 Å². The Labute approximate surface area is 155 Å². The molecule has 132 valence electrons. The van der Waals surface area contributed by atoms with Gasteiger partial charge in [0.25, 0.3) is 5.91 Å². The van der Waals surface area contributed by atoms with Crippen LogP contribution in [0.15, 0.2) is 72.1 Å². The molecule has 0 aliphatic heterocycles. The number of nitrogens with one attached hydrogen (secondary N) is 1. The maximum atomic E-state index is 11.9. The Morgan fingerprint density at radius 1 is 0.885 bits per heavy atom. The van der Waals surface area contributed by atoms with E-state index in [2.05, 4.69) is 5.32 Å². The van der Waals surface area contributed by atoms with Crippen molar-refractivity contribution in [2.45, 2.75) is 6.42 Å². The molecule has 1 heterocycles. The van der Waals surface area contributed by atoms with Gasteiger partial charge in [0.15, 0.2) is 6.61 Å². The standard InChI is InChI=1S/C20H17NO4S/c22-19(14-24-20(23)13-18-7-4-12-26-18)21-15-8-10-17(11-9-15)25-16-5-2-1-3-6-16/h1-12H,13-14H2,(H,21,22). The van der Waals surface area contributed by atoms with E-state index in [0.717, 1.165) is 10.6 Å². The Bertz CT molecular complexity index is 845. The van der Waals surface area contributed by atoms with Gasteiger partial charge in [-0.05, 0) is 47.8 Å². The molecule has 0 radical (unpaired) electrons. The highest BCUT2D eigenvalue weighted by molar-refractivity contribution is 7.10. The van der Waals surface area contributed by atoms with E-state index in [0.29, 0.717) is 11.4 Å². The summed E-state index contributed by atoms with van der Waals surface area (Å²) in [5.74, 6) is 0.592. The van der Waals surface area contributed by atoms with Crippen LogP contribution in [0.4, 0.5) is 5.69 Å². The molecular weight excluding hydrogens is 350 g/mol. The van der Waals surface area contributed by atoms with Gasteiger partial charge in [0, 0.05) is 10.6 Å². The van der Waals surface area contributed by atoms with Crippen LogP contribution in [0.2, 0.25) is 0 Å². The summed E-state index contributed by atoms with van der Waals surface area (Å²) in [6.07, 6.45) is 0.177. The van der Waals surface area contributed by atoms with Crippen LogP contribution in [0.3, 0.4) is 0 Å². The molecule has 1 N–H and O–H groups in total. The third kappa shape index (κ3) is 5.46. The molecule has 0 spiro atoms. The number of hydrogen-bond donors (Lipinski definition) is 1. The van der Waals surface area contributed by atoms with Crippen LogP contribution in [-0.4, -0.2) is 18.5 Å². The highest BCUT2D eigenvalue weighted by Gasteiger charge is 2.09. The SMILES string of the molecule is O=C(COC(=O)Cc1cccs1)Nc1ccc(Oc2ccccc2)cc1. The number of carbonyl (C=O) groups excluding carboxylic acids is 2. The average Bonchev–Trinajstić information content (AvgIpc) is 3.15. The number of ether oxygens (including phenoxy) is 2. The van der Waals surface area contributed by atoms with E-state index in [1.165, 1.54) is 11.3 Å². The van der Waals surface area contributed by atoms with Crippen molar-refractivity contribution in [3.8, 4) is 11.5 Å². The summed E-state index contributed by atoms with van der Waals surface area (Å²) in [5.41, 5.74) is 0.602. The quantitative estimate of drug-likeness (QED) is 0.634. The fourth-order valence-corrected chi connectivity index (χ4v) is 2.87. The molecule has 1 aromatic heterocycles. The van der Waals surface area contributed by atoms with Crippen molar-refractivity contribution in [2.24, 2.45) is 0 Å². The molecule has 0 saturated carbocycles. The lowest BCUT2D eigenvalue weighted by Gasteiger charge is -2.08. The Kier molecular flexibility index (Phi) is 6.01. The Morgan fingerprint density at radius 2 is 1.62 bits per heavy atom. The van der Waals surface area contributed by atoms with Crippen molar-refractivity contribution in [2.75, 3.05) is 11.9 Å². The van der Waals surface area contributed by atoms with Gasteiger partial charge in [-0.3, -0.25) is 9.59 Å². The predicted octanol–water partition coefficient (Wildman–Crippen LogP) is 4.26. The van der Waals surface area contributed by atoms with Crippen LogP contribution in [0.25, 0.3) is 0 Å². The first-order valence-electron chi connectivity index (χ1n) is 8.00. The maximum Gasteiger partial charge on any atom is 0.311 e. The second-order valence-corrected chi connectivity index (χ2v) is 6.44. The lowest BCUT2D eigenvalue weighted by molar-refractivity contribution is -0.146. The van der Waals surface area contributed by atoms with Crippen LogP contribution in [0.1, 0.15) is 4.88 Å². The summed E-state index contributed by atoms with van der Waals surface area (Å²) in [7, 11) is 0. The van der Waals surface area contributed by atoms with E-state index in [-0.39, 0.29) is 18.9 Å². The number of carbonyl (C=O) groups is 2. The molecule has 26 heavy (non-hydrogen) atoms. The third-order valence-electron chi connectivity index (χ3n) is 3.38. The number of amides is 1. The Morgan fingerprint density at radius 3 is 2.31 bits per heavy atom. The van der Waals surface area contributed by atoms with E-state index in [1.54, 1.807) is 24.3 Å². The van der Waals surface area contributed by atoms with Crippen molar-refractivity contribution in [3.63, 3.8) is 0 Å². The normalized spacial score (nSPS) is 10.2. The van der Waals surface area contributed by atoms with Crippen molar-refractivity contribution < 1.29 is 19.1 Å². The molecule has 0 aliphatic carbocycles. The molecular formula is C20H17NO4S. The van der Waals surface area contributed by atoms with E-state index in [9.17, 15) is 9.59 Å². The van der Waals surface area contributed by atoms with Gasteiger partial charge < -0.3 is 14.8 Å². The Hall–Kier alpha value is -3.12. The van der Waals surface area contributed by atoms with Crippen LogP contribution >= 0.6 is 11.3 Å². The number of para-hydroxylation sites is 1. The zero-order valence-corrected chi connectivity index (χ0v) is 14.7. The van der Waals surface area contributed by atoms with E-state index in [1.807, 2.05) is 47.8 Å². The summed E-state index contributed by atoms with van der Waals surface area (Å²) in [6.45, 7) is -0.313. The van der Waals surface area contributed by atoms with E-state index >= 15 is 0 Å². The van der Waals surface area contributed by atoms with Gasteiger partial charge in [0.05, 0.1) is 6.42 Å². The predicted molar refractivity (Wildman–Crippen MR) is 101 cm³/mol. The molecule has 0 saturated heterocycles. The summed E-state index contributed by atoms with van der Waals surface area (Å²) < 4.78 is 10.7. The molecule has 3 aromatic rings. The van der Waals surface area contributed by atoms with Crippen molar-refractivity contribution in [1.29, 1.82) is 0 Å². The number of rotatable bonds is 7. The number of hydrogen-bond acceptors (Lipinski definition) is 5. The van der Waals surface area contributed by atoms with Crippen LogP contribution < -0.4 is 10.1 Å². The summed E-state index contributed by atoms with van der Waals surface area (Å²) in [6, 6.07) is 20.1. The zero-order chi connectivity index (χ0) is 18.2. The van der Waals surface area contributed by atoms with Gasteiger partial charge in [-0.25, -0.2) is 0 Å². The second-order valence-electron chi connectivity index (χ2n) is 5.40. The highest BCUT2D eigenvalue weighted by atomic mass is 32.1. The zero-order valence-electron chi connectivity index (χ0n) is 13.9. The average molecular weight is 367 g/mol. The molecule has 0 fully saturated rings. The largest absolute Gasteiger partial charge is 0.457 e. The molecule has 0 atom stereocenters. The molecule has 0 aliphatic rings. The van der Waals surface area contributed by atoms with Gasteiger partial charge in [-0.2, -0.15) is 0 Å². The van der Waals surface area contributed by atoms with Gasteiger partial charge >= 0.3 is 5.97 Å². The molecule has 5 nitrogen and oxygen atoms in total. The molecule has 3 rings (SSSR count). The van der Waals surface area contributed by atoms with Crippen LogP contribution in [0.5, 0.6) is 11.5 Å². The van der Waals surface area contributed by atoms with Gasteiger partial charge in [0.2, 0.25) is 0 Å². The first kappa shape index (κ1) is 17.7. The lowest BCUT2D eigenvalue weighted by atomic mass is 10.3. The van der Waals surface area contributed by atoms with E-state index in [4.69, 9.17) is 9.47 Å². The topological polar surface area (TPSA) is 64.6 Å². The molecule has 1 amide bonds. The first-order chi connectivity index (χ1) is 12.7. The first-order valence-corrected chi connectivity index (χ1v) is 8.88. The van der Waals surface area contributed by atoms with Gasteiger partial charge in [-0.1, -0.05) is 24.3 Å². The summed E-state index contributed by atoms with van der Waals surface area (Å²) >= 11 is 1.48. The van der Waals surface area contributed by atoms with Crippen LogP contribution in [0, 0.1) is 0 Å². The fourth-order valence-electron chi connectivity index (χ4n) is 2.18. The Balaban J connectivity index is 1.44. The number of benzene rings is 2. The molecule has 6 heteroatoms. The monoisotopic (exact) mass is 367 g/mol. The van der Waals surface area contributed by atoms with Crippen molar-refractivity contribution in [3.05, 3.63) is 77.0 Å². The fraction of sp³-hybridized carbons (Fsp3) is 0.100. The molecule has 2 aromatic carbocycles. The summed E-state index contributed by atoms with van der Waals surface area (Å²) in [4.78, 5) is 24.5. The number of anilines is 1. The van der Waals surface area contributed by atoms with Gasteiger partial charge in [0.1, 0.15) is 11.5 Å². The number of esters is 1. The van der Waals surface area contributed by atoms with Crippen LogP contribution in [-0.2, 0) is 20.7 Å². The number of thiophene rings is 1. The third-order valence-corrected chi connectivity index (χ3v) is 4.26. The molecule has 0 unspecified atom stereocenters. The maximum absolute atomic E-state index is 11.9. The van der Waals surface area contributed by atoms with Crippen molar-refractivity contribution in [1.82, 2.24) is 0 Å². The van der Waals surface area contributed by atoms with Crippen molar-refractivity contribution >= 4 is 28.9 Å². The molecule has 0 bridgehead atoms.